The summed E-state index contributed by atoms with van der Waals surface area (Å²) in [6, 6.07) is 0.733. The van der Waals surface area contributed by atoms with E-state index in [2.05, 4.69) is 10.0 Å². The van der Waals surface area contributed by atoms with Crippen LogP contribution in [0.3, 0.4) is 0 Å². The molecule has 6 nitrogen and oxygen atoms in total. The molecule has 3 fully saturated rings. The maximum absolute atomic E-state index is 12.6. The van der Waals surface area contributed by atoms with Crippen LogP contribution >= 0.6 is 0 Å². The van der Waals surface area contributed by atoms with Crippen LogP contribution in [0.25, 0.3) is 0 Å². The van der Waals surface area contributed by atoms with Crippen LogP contribution < -0.4 is 10.0 Å². The Labute approximate surface area is 127 Å². The van der Waals surface area contributed by atoms with Crippen LogP contribution in [0.4, 0.5) is 0 Å². The number of ether oxygens (including phenoxy) is 1. The zero-order valence-electron chi connectivity index (χ0n) is 12.6. The third-order valence-electron chi connectivity index (χ3n) is 4.68. The highest BCUT2D eigenvalue weighted by Crippen LogP contribution is 2.23. The molecule has 21 heavy (non-hydrogen) atoms. The molecule has 1 saturated carbocycles. The predicted molar refractivity (Wildman–Crippen MR) is 81.2 cm³/mol. The van der Waals surface area contributed by atoms with Crippen molar-refractivity contribution in [2.75, 3.05) is 32.8 Å². The van der Waals surface area contributed by atoms with E-state index in [-0.39, 0.29) is 6.04 Å². The Kier molecular flexibility index (Phi) is 5.16. The van der Waals surface area contributed by atoms with Crippen molar-refractivity contribution in [2.45, 2.75) is 50.6 Å². The Morgan fingerprint density at radius 1 is 1.10 bits per heavy atom. The van der Waals surface area contributed by atoms with Crippen LogP contribution in [0.1, 0.15) is 38.5 Å². The summed E-state index contributed by atoms with van der Waals surface area (Å²) >= 11 is 0. The second-order valence-electron chi connectivity index (χ2n) is 6.53. The highest BCUT2D eigenvalue weighted by Gasteiger charge is 2.33. The van der Waals surface area contributed by atoms with E-state index in [4.69, 9.17) is 4.74 Å². The fourth-order valence-corrected chi connectivity index (χ4v) is 4.69. The van der Waals surface area contributed by atoms with Crippen molar-refractivity contribution in [3.8, 4) is 0 Å². The van der Waals surface area contributed by atoms with E-state index in [1.54, 1.807) is 4.31 Å². The molecule has 0 bridgehead atoms. The van der Waals surface area contributed by atoms with Gasteiger partial charge in [0.05, 0.1) is 6.61 Å². The lowest BCUT2D eigenvalue weighted by molar-refractivity contribution is 0.186. The molecule has 2 atom stereocenters. The normalized spacial score (nSPS) is 31.6. The van der Waals surface area contributed by atoms with Gasteiger partial charge in [0.2, 0.25) is 0 Å². The van der Waals surface area contributed by atoms with E-state index in [9.17, 15) is 8.42 Å². The lowest BCUT2D eigenvalue weighted by Crippen LogP contribution is -2.53. The van der Waals surface area contributed by atoms with Gasteiger partial charge in [0.1, 0.15) is 0 Å². The average Bonchev–Trinajstić information content (AvgIpc) is 3.17. The molecule has 0 spiro atoms. The molecule has 122 valence electrons. The smallest absolute Gasteiger partial charge is 0.279 e. The van der Waals surface area contributed by atoms with Gasteiger partial charge in [-0.15, -0.1) is 0 Å². The quantitative estimate of drug-likeness (QED) is 0.716. The van der Waals surface area contributed by atoms with Crippen LogP contribution in [0.5, 0.6) is 0 Å². The Morgan fingerprint density at radius 3 is 2.67 bits per heavy atom. The molecule has 2 aliphatic heterocycles. The summed E-state index contributed by atoms with van der Waals surface area (Å²) in [7, 11) is -3.36. The molecular weight excluding hydrogens is 290 g/mol. The van der Waals surface area contributed by atoms with Gasteiger partial charge in [-0.2, -0.15) is 12.7 Å². The Balaban J connectivity index is 1.54. The highest BCUT2D eigenvalue weighted by molar-refractivity contribution is 7.87. The summed E-state index contributed by atoms with van der Waals surface area (Å²) in [6.45, 7) is 3.37. The molecule has 2 unspecified atom stereocenters. The molecule has 3 rings (SSSR count). The minimum Gasteiger partial charge on any atom is -0.381 e. The second-order valence-corrected chi connectivity index (χ2v) is 8.23. The van der Waals surface area contributed by atoms with Crippen LogP contribution in [-0.4, -0.2) is 57.7 Å². The molecule has 0 aromatic rings. The van der Waals surface area contributed by atoms with Crippen molar-refractivity contribution in [1.82, 2.24) is 14.3 Å². The zero-order chi connectivity index (χ0) is 14.7. The average molecular weight is 317 g/mol. The van der Waals surface area contributed by atoms with Crippen LogP contribution in [-0.2, 0) is 14.9 Å². The van der Waals surface area contributed by atoms with Gasteiger partial charge in [0, 0.05) is 38.3 Å². The van der Waals surface area contributed by atoms with Gasteiger partial charge >= 0.3 is 0 Å². The van der Waals surface area contributed by atoms with E-state index < -0.39 is 10.2 Å². The van der Waals surface area contributed by atoms with Gasteiger partial charge < -0.3 is 10.1 Å². The van der Waals surface area contributed by atoms with Gasteiger partial charge in [-0.3, -0.25) is 0 Å². The number of hydrogen-bond donors (Lipinski definition) is 2. The molecule has 2 heterocycles. The lowest BCUT2D eigenvalue weighted by Gasteiger charge is -2.35. The van der Waals surface area contributed by atoms with Gasteiger partial charge in [-0.1, -0.05) is 6.42 Å². The highest BCUT2D eigenvalue weighted by atomic mass is 32.2. The fourth-order valence-electron chi connectivity index (χ4n) is 3.14. The van der Waals surface area contributed by atoms with Crippen molar-refractivity contribution < 1.29 is 13.2 Å². The number of hydrogen-bond acceptors (Lipinski definition) is 4. The summed E-state index contributed by atoms with van der Waals surface area (Å²) in [6.07, 6.45) is 6.48. The molecule has 2 N–H and O–H groups in total. The Bertz CT molecular complexity index is 433. The summed E-state index contributed by atoms with van der Waals surface area (Å²) in [5, 5.41) is 3.47. The van der Waals surface area contributed by atoms with Crippen LogP contribution in [0, 0.1) is 5.92 Å². The van der Waals surface area contributed by atoms with Gasteiger partial charge in [0.15, 0.2) is 0 Å². The molecule has 0 aromatic carbocycles. The number of nitrogens with zero attached hydrogens (tertiary/aromatic N) is 1. The summed E-state index contributed by atoms with van der Waals surface area (Å²) < 4.78 is 34.9. The van der Waals surface area contributed by atoms with E-state index in [1.807, 2.05) is 0 Å². The molecule has 0 amide bonds. The Hall–Kier alpha value is -0.210. The molecular formula is C14H27N3O3S. The monoisotopic (exact) mass is 317 g/mol. The lowest BCUT2D eigenvalue weighted by atomic mass is 10.1. The maximum Gasteiger partial charge on any atom is 0.279 e. The zero-order valence-corrected chi connectivity index (χ0v) is 13.4. The molecule has 1 aliphatic carbocycles. The van der Waals surface area contributed by atoms with Crippen molar-refractivity contribution in [3.63, 3.8) is 0 Å². The predicted octanol–water partition coefficient (Wildman–Crippen LogP) is 0.464. The third-order valence-corrected chi connectivity index (χ3v) is 6.31. The first-order chi connectivity index (χ1) is 10.1. The number of nitrogens with one attached hydrogen (secondary N) is 2. The number of piperidine rings is 1. The first-order valence-corrected chi connectivity index (χ1v) is 9.67. The van der Waals surface area contributed by atoms with E-state index in [0.717, 1.165) is 38.8 Å². The van der Waals surface area contributed by atoms with Crippen molar-refractivity contribution in [3.05, 3.63) is 0 Å². The Morgan fingerprint density at radius 2 is 1.95 bits per heavy atom. The summed E-state index contributed by atoms with van der Waals surface area (Å²) in [4.78, 5) is 0. The topological polar surface area (TPSA) is 70.7 Å². The fraction of sp³-hybridized carbons (Fsp3) is 1.00. The van der Waals surface area contributed by atoms with Gasteiger partial charge in [-0.25, -0.2) is 4.72 Å². The standard InChI is InChI=1S/C14H27N3O3S/c18-21(19,16-9-12-6-8-20-11-12)17-7-2-1-3-14(17)10-15-13-4-5-13/h12-16H,1-11H2. The van der Waals surface area contributed by atoms with Crippen LogP contribution in [0.15, 0.2) is 0 Å². The van der Waals surface area contributed by atoms with E-state index in [1.165, 1.54) is 12.8 Å². The van der Waals surface area contributed by atoms with E-state index >= 15 is 0 Å². The minimum absolute atomic E-state index is 0.108. The summed E-state index contributed by atoms with van der Waals surface area (Å²) in [5.74, 6) is 0.326. The van der Waals surface area contributed by atoms with Crippen molar-refractivity contribution in [1.29, 1.82) is 0 Å². The molecule has 0 aromatic heterocycles. The molecule has 7 heteroatoms. The van der Waals surface area contributed by atoms with Gasteiger partial charge in [0.25, 0.3) is 10.2 Å². The van der Waals surface area contributed by atoms with Crippen LogP contribution in [0.2, 0.25) is 0 Å². The minimum atomic E-state index is -3.36. The molecule has 2 saturated heterocycles. The maximum atomic E-state index is 12.6. The SMILES string of the molecule is O=S(=O)(NCC1CCOC1)N1CCCCC1CNC1CC1. The third kappa shape index (κ3) is 4.39. The summed E-state index contributed by atoms with van der Waals surface area (Å²) in [5.41, 5.74) is 0. The molecule has 3 aliphatic rings. The first kappa shape index (κ1) is 15.7. The number of rotatable bonds is 7. The van der Waals surface area contributed by atoms with Crippen molar-refractivity contribution >= 4 is 10.2 Å². The largest absolute Gasteiger partial charge is 0.381 e. The van der Waals surface area contributed by atoms with Gasteiger partial charge in [-0.05, 0) is 38.0 Å². The van der Waals surface area contributed by atoms with E-state index in [0.29, 0.717) is 31.7 Å². The van der Waals surface area contributed by atoms with Crippen molar-refractivity contribution in [2.24, 2.45) is 5.92 Å². The second kappa shape index (κ2) is 6.91. The molecule has 0 radical (unpaired) electrons. The first-order valence-electron chi connectivity index (χ1n) is 8.23.